The van der Waals surface area contributed by atoms with E-state index in [1.807, 2.05) is 54.6 Å². The summed E-state index contributed by atoms with van der Waals surface area (Å²) in [5.41, 5.74) is 3.06. The quantitative estimate of drug-likeness (QED) is 0.410. The van der Waals surface area contributed by atoms with Crippen molar-refractivity contribution in [3.8, 4) is 5.75 Å². The van der Waals surface area contributed by atoms with Gasteiger partial charge in [-0.2, -0.15) is 0 Å². The second-order valence-corrected chi connectivity index (χ2v) is 7.76. The number of hydrogen-bond acceptors (Lipinski definition) is 5. The molecule has 7 heteroatoms. The number of carbonyl (C=O) groups excluding carboxylic acids is 1. The first-order valence-electron chi connectivity index (χ1n) is 10.9. The summed E-state index contributed by atoms with van der Waals surface area (Å²) in [6.45, 7) is 2.52. The van der Waals surface area contributed by atoms with Gasteiger partial charge in [0.25, 0.3) is 11.5 Å². The fraction of sp³-hybridized carbons (Fsp3) is 0.148. The van der Waals surface area contributed by atoms with Crippen molar-refractivity contribution in [3.05, 3.63) is 118 Å². The van der Waals surface area contributed by atoms with E-state index in [-0.39, 0.29) is 18.0 Å². The minimum Gasteiger partial charge on any atom is -0.496 e. The summed E-state index contributed by atoms with van der Waals surface area (Å²) in [7, 11) is 1.59. The normalized spacial score (nSPS) is 10.5. The number of ether oxygens (including phenoxy) is 1. The van der Waals surface area contributed by atoms with Gasteiger partial charge in [0.1, 0.15) is 11.6 Å². The van der Waals surface area contributed by atoms with Crippen LogP contribution >= 0.6 is 0 Å². The first-order chi connectivity index (χ1) is 16.6. The Hall–Kier alpha value is -4.39. The Balaban J connectivity index is 1.74. The van der Waals surface area contributed by atoms with Crippen LogP contribution in [0.1, 0.15) is 27.2 Å². The first kappa shape index (κ1) is 22.8. The summed E-state index contributed by atoms with van der Waals surface area (Å²) in [5.74, 6) is 0.767. The lowest BCUT2D eigenvalue weighted by molar-refractivity contribution is 0.102. The van der Waals surface area contributed by atoms with Crippen LogP contribution in [0.3, 0.4) is 0 Å². The number of pyridine rings is 2. The molecule has 2 aromatic carbocycles. The van der Waals surface area contributed by atoms with Gasteiger partial charge in [0.15, 0.2) is 0 Å². The third-order valence-electron chi connectivity index (χ3n) is 5.55. The average molecular weight is 455 g/mol. The highest BCUT2D eigenvalue weighted by Gasteiger charge is 2.20. The molecule has 0 aliphatic rings. The van der Waals surface area contributed by atoms with Crippen molar-refractivity contribution in [3.63, 3.8) is 0 Å². The van der Waals surface area contributed by atoms with Gasteiger partial charge in [0, 0.05) is 30.1 Å². The molecule has 2 heterocycles. The van der Waals surface area contributed by atoms with Gasteiger partial charge in [-0.15, -0.1) is 0 Å². The lowest BCUT2D eigenvalue weighted by atomic mass is 10.1. The van der Waals surface area contributed by atoms with Crippen LogP contribution in [-0.4, -0.2) is 22.6 Å². The SMILES string of the molecule is COc1ccccc1Cn1c(C)c(C(=O)Nc2ccccn2)c(NCc2ccccc2)cc1=O. The van der Waals surface area contributed by atoms with Crippen molar-refractivity contribution in [1.29, 1.82) is 0 Å². The number of nitrogens with one attached hydrogen (secondary N) is 2. The monoisotopic (exact) mass is 454 g/mol. The predicted octanol–water partition coefficient (Wildman–Crippen LogP) is 4.47. The zero-order valence-corrected chi connectivity index (χ0v) is 19.1. The Labute approximate surface area is 198 Å². The van der Waals surface area contributed by atoms with Crippen molar-refractivity contribution in [2.45, 2.75) is 20.0 Å². The third kappa shape index (κ3) is 5.15. The molecule has 0 bridgehead atoms. The summed E-state index contributed by atoms with van der Waals surface area (Å²) in [4.78, 5) is 30.7. The van der Waals surface area contributed by atoms with Gasteiger partial charge >= 0.3 is 0 Å². The lowest BCUT2D eigenvalue weighted by Crippen LogP contribution is -2.28. The maximum absolute atomic E-state index is 13.4. The van der Waals surface area contributed by atoms with E-state index in [2.05, 4.69) is 15.6 Å². The number of anilines is 2. The Morgan fingerprint density at radius 3 is 2.47 bits per heavy atom. The minimum atomic E-state index is -0.347. The number of para-hydroxylation sites is 1. The van der Waals surface area contributed by atoms with Gasteiger partial charge in [-0.05, 0) is 30.7 Å². The zero-order chi connectivity index (χ0) is 23.9. The van der Waals surface area contributed by atoms with Crippen molar-refractivity contribution < 1.29 is 9.53 Å². The largest absolute Gasteiger partial charge is 0.496 e. The Kier molecular flexibility index (Phi) is 7.03. The van der Waals surface area contributed by atoms with Crippen LogP contribution in [-0.2, 0) is 13.1 Å². The number of nitrogens with zero attached hydrogens (tertiary/aromatic N) is 2. The molecule has 7 nitrogen and oxygen atoms in total. The van der Waals surface area contributed by atoms with E-state index in [0.717, 1.165) is 11.1 Å². The first-order valence-corrected chi connectivity index (χ1v) is 10.9. The van der Waals surface area contributed by atoms with Gasteiger partial charge in [0.05, 0.1) is 24.9 Å². The molecule has 0 unspecified atom stereocenters. The summed E-state index contributed by atoms with van der Waals surface area (Å²) in [6.07, 6.45) is 1.61. The van der Waals surface area contributed by atoms with E-state index < -0.39 is 0 Å². The molecule has 0 aliphatic heterocycles. The number of hydrogen-bond donors (Lipinski definition) is 2. The highest BCUT2D eigenvalue weighted by atomic mass is 16.5. The number of benzene rings is 2. The smallest absolute Gasteiger partial charge is 0.260 e. The average Bonchev–Trinajstić information content (AvgIpc) is 2.86. The molecule has 0 radical (unpaired) electrons. The van der Waals surface area contributed by atoms with Crippen molar-refractivity contribution in [2.24, 2.45) is 0 Å². The van der Waals surface area contributed by atoms with E-state index in [9.17, 15) is 9.59 Å². The molecule has 0 spiro atoms. The highest BCUT2D eigenvalue weighted by molar-refractivity contribution is 6.08. The van der Waals surface area contributed by atoms with E-state index in [0.29, 0.717) is 35.1 Å². The van der Waals surface area contributed by atoms with E-state index in [4.69, 9.17) is 4.74 Å². The fourth-order valence-electron chi connectivity index (χ4n) is 3.80. The van der Waals surface area contributed by atoms with Crippen LogP contribution in [0.2, 0.25) is 0 Å². The maximum atomic E-state index is 13.4. The summed E-state index contributed by atoms with van der Waals surface area (Å²) in [5, 5.41) is 6.11. The van der Waals surface area contributed by atoms with E-state index in [1.165, 1.54) is 6.07 Å². The molecule has 1 amide bonds. The molecular weight excluding hydrogens is 428 g/mol. The molecule has 2 N–H and O–H groups in total. The molecular formula is C27H26N4O3. The van der Waals surface area contributed by atoms with Crippen LogP contribution in [0.25, 0.3) is 0 Å². The molecule has 172 valence electrons. The highest BCUT2D eigenvalue weighted by Crippen LogP contribution is 2.23. The number of aromatic nitrogens is 2. The van der Waals surface area contributed by atoms with Crippen LogP contribution in [0.15, 0.2) is 89.9 Å². The predicted molar refractivity (Wildman–Crippen MR) is 133 cm³/mol. The van der Waals surface area contributed by atoms with E-state index in [1.54, 1.807) is 43.0 Å². The molecule has 2 aromatic heterocycles. The van der Waals surface area contributed by atoms with Crippen molar-refractivity contribution in [1.82, 2.24) is 9.55 Å². The zero-order valence-electron chi connectivity index (χ0n) is 19.1. The summed E-state index contributed by atoms with van der Waals surface area (Å²) < 4.78 is 7.03. The maximum Gasteiger partial charge on any atom is 0.260 e. The van der Waals surface area contributed by atoms with Gasteiger partial charge in [-0.3, -0.25) is 9.59 Å². The van der Waals surface area contributed by atoms with Crippen LogP contribution in [0, 0.1) is 6.92 Å². The summed E-state index contributed by atoms with van der Waals surface area (Å²) in [6, 6.07) is 24.1. The number of rotatable bonds is 8. The standard InChI is InChI=1S/C27H26N4O3/c1-19-26(27(33)30-24-14-8-9-15-28-24)22(29-17-20-10-4-3-5-11-20)16-25(32)31(19)18-21-12-6-7-13-23(21)34-2/h3-16,29H,17-18H2,1-2H3,(H,28,30,33). The van der Waals surface area contributed by atoms with Crippen LogP contribution in [0.5, 0.6) is 5.75 Å². The van der Waals surface area contributed by atoms with E-state index >= 15 is 0 Å². The Morgan fingerprint density at radius 1 is 1.00 bits per heavy atom. The van der Waals surface area contributed by atoms with Crippen LogP contribution in [0.4, 0.5) is 11.5 Å². The van der Waals surface area contributed by atoms with Gasteiger partial charge in [-0.25, -0.2) is 4.98 Å². The third-order valence-corrected chi connectivity index (χ3v) is 5.55. The summed E-state index contributed by atoms with van der Waals surface area (Å²) >= 11 is 0. The molecule has 0 saturated carbocycles. The number of amides is 1. The molecule has 0 fully saturated rings. The Morgan fingerprint density at radius 2 is 1.74 bits per heavy atom. The topological polar surface area (TPSA) is 85.2 Å². The van der Waals surface area contributed by atoms with Gasteiger partial charge in [0.2, 0.25) is 0 Å². The number of methoxy groups -OCH3 is 1. The molecule has 0 atom stereocenters. The molecule has 0 aliphatic carbocycles. The fourth-order valence-corrected chi connectivity index (χ4v) is 3.80. The molecule has 4 rings (SSSR count). The van der Waals surface area contributed by atoms with Crippen molar-refractivity contribution in [2.75, 3.05) is 17.7 Å². The Bertz CT molecular complexity index is 1340. The molecule has 34 heavy (non-hydrogen) atoms. The van der Waals surface area contributed by atoms with Crippen molar-refractivity contribution >= 4 is 17.4 Å². The second-order valence-electron chi connectivity index (χ2n) is 7.76. The minimum absolute atomic E-state index is 0.214. The van der Waals surface area contributed by atoms with Crippen LogP contribution < -0.4 is 20.9 Å². The number of carbonyl (C=O) groups is 1. The van der Waals surface area contributed by atoms with Gasteiger partial charge in [-0.1, -0.05) is 54.6 Å². The second kappa shape index (κ2) is 10.5. The molecule has 4 aromatic rings. The lowest BCUT2D eigenvalue weighted by Gasteiger charge is -2.19. The molecule has 0 saturated heterocycles. The van der Waals surface area contributed by atoms with Gasteiger partial charge < -0.3 is 19.9 Å².